The van der Waals surface area contributed by atoms with Crippen LogP contribution in [0.5, 0.6) is 5.75 Å². The van der Waals surface area contributed by atoms with Crippen molar-refractivity contribution < 1.29 is 18.0 Å². The molecule has 0 unspecified atom stereocenters. The van der Waals surface area contributed by atoms with Gasteiger partial charge in [-0.05, 0) is 74.4 Å². The lowest BCUT2D eigenvalue weighted by molar-refractivity contribution is -0.0655. The van der Waals surface area contributed by atoms with Gasteiger partial charge in [-0.15, -0.1) is 0 Å². The summed E-state index contributed by atoms with van der Waals surface area (Å²) >= 11 is 0. The van der Waals surface area contributed by atoms with E-state index in [0.717, 1.165) is 10.9 Å². The Hall–Kier alpha value is -0.883. The van der Waals surface area contributed by atoms with Gasteiger partial charge in [0.15, 0.2) is 0 Å². The second kappa shape index (κ2) is 7.16. The number of hydrogen-bond donors (Lipinski definition) is 0. The standard InChI is InChI=1S/C19H34O4Si/c1-17(2,3)21-24(22-18(4,5)6,23-19(7,8)9)16-13-11-15(20-10)12-14-16/h11-14H,1-10H3. The maximum absolute atomic E-state index is 6.49. The smallest absolute Gasteiger partial charge is 0.497 e. The fourth-order valence-electron chi connectivity index (χ4n) is 2.24. The van der Waals surface area contributed by atoms with Crippen molar-refractivity contribution in [3.63, 3.8) is 0 Å². The van der Waals surface area contributed by atoms with Crippen molar-refractivity contribution in [3.05, 3.63) is 24.3 Å². The van der Waals surface area contributed by atoms with E-state index in [1.807, 2.05) is 86.6 Å². The molecule has 0 aliphatic carbocycles. The minimum atomic E-state index is -3.17. The maximum atomic E-state index is 6.49. The summed E-state index contributed by atoms with van der Waals surface area (Å²) in [5.41, 5.74) is -1.20. The number of rotatable bonds is 5. The van der Waals surface area contributed by atoms with E-state index in [2.05, 4.69) is 0 Å². The van der Waals surface area contributed by atoms with E-state index in [-0.39, 0.29) is 0 Å². The molecule has 0 spiro atoms. The fraction of sp³-hybridized carbons (Fsp3) is 0.684. The highest BCUT2D eigenvalue weighted by atomic mass is 28.4. The van der Waals surface area contributed by atoms with Crippen LogP contribution >= 0.6 is 0 Å². The molecule has 0 aliphatic heterocycles. The Morgan fingerprint density at radius 2 is 0.958 bits per heavy atom. The Morgan fingerprint density at radius 3 is 1.21 bits per heavy atom. The summed E-state index contributed by atoms with van der Waals surface area (Å²) < 4.78 is 24.7. The van der Waals surface area contributed by atoms with E-state index in [0.29, 0.717) is 0 Å². The zero-order valence-corrected chi connectivity index (χ0v) is 17.9. The van der Waals surface area contributed by atoms with Crippen molar-refractivity contribution in [3.8, 4) is 5.75 Å². The number of hydrogen-bond acceptors (Lipinski definition) is 4. The van der Waals surface area contributed by atoms with Gasteiger partial charge in [-0.2, -0.15) is 0 Å². The predicted octanol–water partition coefficient (Wildman–Crippen LogP) is 4.29. The molecule has 138 valence electrons. The normalized spacial score (nSPS) is 13.9. The van der Waals surface area contributed by atoms with Gasteiger partial charge in [0.1, 0.15) is 5.75 Å². The second-order valence-electron chi connectivity index (χ2n) is 8.93. The lowest BCUT2D eigenvalue weighted by atomic mass is 10.2. The highest BCUT2D eigenvalue weighted by molar-refractivity contribution is 6.75. The molecule has 0 atom stereocenters. The van der Waals surface area contributed by atoms with Gasteiger partial charge in [0.25, 0.3) is 0 Å². The van der Waals surface area contributed by atoms with Crippen LogP contribution in [0.1, 0.15) is 62.3 Å². The van der Waals surface area contributed by atoms with Crippen LogP contribution in [0.25, 0.3) is 0 Å². The first-order valence-electron chi connectivity index (χ1n) is 8.41. The molecular weight excluding hydrogens is 320 g/mol. The zero-order chi connectivity index (χ0) is 18.8. The molecule has 0 amide bonds. The summed E-state index contributed by atoms with van der Waals surface area (Å²) in [6.45, 7) is 18.2. The fourth-order valence-corrected chi connectivity index (χ4v) is 5.72. The lowest BCUT2D eigenvalue weighted by Gasteiger charge is -2.43. The third-order valence-corrected chi connectivity index (χ3v) is 6.45. The van der Waals surface area contributed by atoms with Crippen LogP contribution < -0.4 is 9.92 Å². The van der Waals surface area contributed by atoms with Gasteiger partial charge >= 0.3 is 8.80 Å². The van der Waals surface area contributed by atoms with Crippen LogP contribution in [-0.2, 0) is 13.3 Å². The first-order chi connectivity index (χ1) is 10.7. The molecule has 0 aliphatic rings. The van der Waals surface area contributed by atoms with Gasteiger partial charge in [-0.25, -0.2) is 0 Å². The molecular formula is C19H34O4Si. The summed E-state index contributed by atoms with van der Waals surface area (Å²) in [4.78, 5) is 0. The molecule has 0 N–H and O–H groups in total. The van der Waals surface area contributed by atoms with Crippen LogP contribution in [0.4, 0.5) is 0 Å². The third-order valence-electron chi connectivity index (χ3n) is 2.77. The topological polar surface area (TPSA) is 36.9 Å². The highest BCUT2D eigenvalue weighted by Crippen LogP contribution is 2.29. The van der Waals surface area contributed by atoms with Crippen molar-refractivity contribution in [2.45, 2.75) is 79.1 Å². The quantitative estimate of drug-likeness (QED) is 0.739. The SMILES string of the molecule is COc1ccc([Si](OC(C)(C)C)(OC(C)(C)C)OC(C)(C)C)cc1. The predicted molar refractivity (Wildman–Crippen MR) is 101 cm³/mol. The molecule has 0 radical (unpaired) electrons. The van der Waals surface area contributed by atoms with Crippen molar-refractivity contribution in [1.82, 2.24) is 0 Å². The van der Waals surface area contributed by atoms with Crippen molar-refractivity contribution >= 4 is 14.0 Å². The summed E-state index contributed by atoms with van der Waals surface area (Å²) in [6.07, 6.45) is 0. The maximum Gasteiger partial charge on any atom is 0.538 e. The first-order valence-corrected chi connectivity index (χ1v) is 10.1. The Bertz CT molecular complexity index is 477. The van der Waals surface area contributed by atoms with Crippen LogP contribution in [-0.4, -0.2) is 32.7 Å². The summed E-state index contributed by atoms with van der Waals surface area (Å²) in [5, 5.41) is 0.933. The molecule has 0 aromatic heterocycles. The largest absolute Gasteiger partial charge is 0.538 e. The molecule has 0 saturated heterocycles. The molecule has 5 heteroatoms. The molecule has 0 saturated carbocycles. The van der Waals surface area contributed by atoms with Crippen molar-refractivity contribution in [2.75, 3.05) is 7.11 Å². The molecule has 0 fully saturated rings. The van der Waals surface area contributed by atoms with Crippen LogP contribution in [0.2, 0.25) is 0 Å². The molecule has 1 rings (SSSR count). The number of benzene rings is 1. The van der Waals surface area contributed by atoms with Gasteiger partial charge < -0.3 is 18.0 Å². The van der Waals surface area contributed by atoms with E-state index in [4.69, 9.17) is 18.0 Å². The Kier molecular flexibility index (Phi) is 6.31. The van der Waals surface area contributed by atoms with E-state index in [1.54, 1.807) is 7.11 Å². The van der Waals surface area contributed by atoms with Gasteiger partial charge in [-0.1, -0.05) is 12.1 Å². The van der Waals surface area contributed by atoms with E-state index >= 15 is 0 Å². The van der Waals surface area contributed by atoms with E-state index in [9.17, 15) is 0 Å². The van der Waals surface area contributed by atoms with E-state index in [1.165, 1.54) is 0 Å². The average molecular weight is 355 g/mol. The monoisotopic (exact) mass is 354 g/mol. The second-order valence-corrected chi connectivity index (χ2v) is 11.2. The van der Waals surface area contributed by atoms with Gasteiger partial charge in [-0.3, -0.25) is 0 Å². The first kappa shape index (κ1) is 21.2. The van der Waals surface area contributed by atoms with Gasteiger partial charge in [0, 0.05) is 5.19 Å². The average Bonchev–Trinajstić information content (AvgIpc) is 2.32. The molecule has 1 aromatic carbocycles. The lowest BCUT2D eigenvalue weighted by Crippen LogP contribution is -2.64. The molecule has 0 bridgehead atoms. The molecule has 1 aromatic rings. The van der Waals surface area contributed by atoms with Crippen LogP contribution in [0, 0.1) is 0 Å². The minimum Gasteiger partial charge on any atom is -0.497 e. The van der Waals surface area contributed by atoms with E-state index < -0.39 is 25.6 Å². The van der Waals surface area contributed by atoms with Crippen molar-refractivity contribution in [2.24, 2.45) is 0 Å². The van der Waals surface area contributed by atoms with Gasteiger partial charge in [0.05, 0.1) is 23.9 Å². The molecule has 0 heterocycles. The minimum absolute atomic E-state index is 0.400. The molecule has 24 heavy (non-hydrogen) atoms. The van der Waals surface area contributed by atoms with Crippen LogP contribution in [0.3, 0.4) is 0 Å². The Balaban J connectivity index is 3.47. The summed E-state index contributed by atoms with van der Waals surface area (Å²) in [6, 6.07) is 7.80. The zero-order valence-electron chi connectivity index (χ0n) is 16.9. The third kappa shape index (κ3) is 6.93. The van der Waals surface area contributed by atoms with Crippen LogP contribution in [0.15, 0.2) is 24.3 Å². The van der Waals surface area contributed by atoms with Gasteiger partial charge in [0.2, 0.25) is 0 Å². The van der Waals surface area contributed by atoms with Crippen molar-refractivity contribution in [1.29, 1.82) is 0 Å². The molecule has 4 nitrogen and oxygen atoms in total. The number of methoxy groups -OCH3 is 1. The summed E-state index contributed by atoms with van der Waals surface area (Å²) in [5.74, 6) is 0.795. The highest BCUT2D eigenvalue weighted by Gasteiger charge is 2.52. The number of ether oxygens (including phenoxy) is 1. The Labute approximate surface area is 148 Å². The summed E-state index contributed by atoms with van der Waals surface area (Å²) in [7, 11) is -1.51. The Morgan fingerprint density at radius 1 is 0.625 bits per heavy atom.